The molecular formula is C59H128Cl8Mn4N20. The average molecular weight is 1620 g/mol. The van der Waals surface area contributed by atoms with Crippen molar-refractivity contribution in [3.63, 3.8) is 0 Å². The van der Waals surface area contributed by atoms with Gasteiger partial charge in [0.2, 0.25) is 0 Å². The van der Waals surface area contributed by atoms with Crippen molar-refractivity contribution in [1.82, 2.24) is 106 Å². The molecule has 32 heteroatoms. The van der Waals surface area contributed by atoms with Gasteiger partial charge in [-0.05, 0) is 43.6 Å². The molecule has 0 bridgehead atoms. The van der Waals surface area contributed by atoms with Gasteiger partial charge in [0, 0.05) is 260 Å². The van der Waals surface area contributed by atoms with Crippen molar-refractivity contribution in [3.05, 3.63) is 35.9 Å². The molecule has 0 radical (unpaired) electrons. The Morgan fingerprint density at radius 3 is 0.934 bits per heavy atom. The first-order valence-corrected chi connectivity index (χ1v) is 46.5. The molecule has 4 aliphatic heterocycles. The predicted octanol–water partition coefficient (Wildman–Crippen LogP) is 3.05. The number of benzene rings is 1. The maximum atomic E-state index is 4.80. The summed E-state index contributed by atoms with van der Waals surface area (Å²) in [4.78, 5) is 0. The van der Waals surface area contributed by atoms with Crippen molar-refractivity contribution in [3.8, 4) is 0 Å². The van der Waals surface area contributed by atoms with Gasteiger partial charge in [-0.2, -0.15) is 0 Å². The molecule has 1 aromatic rings. The smallest absolute Gasteiger partial charge is 0.0233 e. The van der Waals surface area contributed by atoms with E-state index in [4.69, 9.17) is 80.8 Å². The van der Waals surface area contributed by atoms with Crippen molar-refractivity contribution in [2.24, 2.45) is 11.8 Å². The van der Waals surface area contributed by atoms with E-state index in [9.17, 15) is 0 Å². The molecule has 0 spiro atoms. The molecule has 0 amide bonds. The van der Waals surface area contributed by atoms with E-state index in [-0.39, 0.29) is 52.5 Å². The quantitative estimate of drug-likeness (QED) is 0.183. The van der Waals surface area contributed by atoms with Gasteiger partial charge in [0.05, 0.1) is 0 Å². The Kier molecular flexibility index (Phi) is 87.9. The van der Waals surface area contributed by atoms with Crippen molar-refractivity contribution in [2.75, 3.05) is 236 Å². The second kappa shape index (κ2) is 83.5. The Hall–Kier alpha value is 2.82. The zero-order valence-corrected chi connectivity index (χ0v) is 66.3. The first kappa shape index (κ1) is 95.9. The van der Waals surface area contributed by atoms with Crippen LogP contribution in [0.25, 0.3) is 0 Å². The number of hydrogen-bond donors (Lipinski definition) is 20. The molecule has 1 saturated carbocycles. The van der Waals surface area contributed by atoms with Crippen molar-refractivity contribution >= 4 is 80.8 Å². The summed E-state index contributed by atoms with van der Waals surface area (Å²) in [7, 11) is 38.4. The van der Waals surface area contributed by atoms with E-state index >= 15 is 0 Å². The molecule has 20 N–H and O–H groups in total. The van der Waals surface area contributed by atoms with Gasteiger partial charge < -0.3 is 106 Å². The summed E-state index contributed by atoms with van der Waals surface area (Å²) >= 11 is 0.0278. The van der Waals surface area contributed by atoms with Crippen LogP contribution in [0.3, 0.4) is 0 Å². The first-order chi connectivity index (χ1) is 44.7. The van der Waals surface area contributed by atoms with E-state index in [2.05, 4.69) is 157 Å². The van der Waals surface area contributed by atoms with Crippen LogP contribution in [0, 0.1) is 11.8 Å². The molecule has 0 aromatic heterocycles. The summed E-state index contributed by atoms with van der Waals surface area (Å²) in [5.74, 6) is 1.70. The van der Waals surface area contributed by atoms with E-state index in [1.54, 1.807) is 0 Å². The van der Waals surface area contributed by atoms with Crippen LogP contribution in [0.2, 0.25) is 0 Å². The minimum atomic E-state index is 0.00694. The third-order valence-electron chi connectivity index (χ3n) is 14.8. The molecule has 91 heavy (non-hydrogen) atoms. The van der Waals surface area contributed by atoms with Crippen LogP contribution in [-0.2, 0) is 59.0 Å². The van der Waals surface area contributed by atoms with E-state index in [0.717, 1.165) is 254 Å². The third-order valence-corrected chi connectivity index (χ3v) is 14.8. The number of rotatable bonds is 6. The standard InChI is InChI=1S/C17H37N5.C17H31N5.C14H33N5.C11H27N5.8ClH.4Mn/c2*1-2-4-16(5-3-1)14-17-15-21-11-10-19-7-6-18-8-9-20-12-13-22-17;1-13(2)11-14-12-18-8-7-16-4-3-15-5-6-17-9-10-19-14;1-11-10-15-7-6-13-3-2-12-4-5-14-8-9-16-11;;;;;;;;;;;;/h16-22H,1-15H2;1-5,17-22H,6-15H2;13-19H,3-12H2,1-2H3;11-16H,2-10H2,1H3;8*1H;;;;/q;;;;;;;;;;;;4*+2/p-8/t;;;11-;;;;;;;;;;;;/m...1............/s1. The molecule has 3 unspecified atom stereocenters. The number of hydrogen-bond acceptors (Lipinski definition) is 20. The molecule has 5 fully saturated rings. The second-order valence-corrected chi connectivity index (χ2v) is 30.7. The van der Waals surface area contributed by atoms with Gasteiger partial charge in [0.15, 0.2) is 0 Å². The molecule has 548 valence electrons. The fourth-order valence-electron chi connectivity index (χ4n) is 10.3. The second-order valence-electron chi connectivity index (χ2n) is 22.9. The van der Waals surface area contributed by atoms with Crippen molar-refractivity contribution < 1.29 is 52.5 Å². The Labute approximate surface area is 613 Å². The maximum absolute atomic E-state index is 4.80. The summed E-state index contributed by atoms with van der Waals surface area (Å²) in [5.41, 5.74) is 1.40. The zero-order valence-electron chi connectivity index (χ0n) is 55.5. The minimum Gasteiger partial charge on any atom is -0.314 e. The fourth-order valence-corrected chi connectivity index (χ4v) is 10.3. The topological polar surface area (TPSA) is 241 Å². The minimum absolute atomic E-state index is 0.00694. The molecular weight excluding hydrogens is 1490 g/mol. The molecule has 20 nitrogen and oxygen atoms in total. The average Bonchev–Trinajstić information content (AvgIpc) is 3.80. The summed E-state index contributed by atoms with van der Waals surface area (Å²) in [6.07, 6.45) is 10.9. The van der Waals surface area contributed by atoms with E-state index in [0.29, 0.717) is 24.2 Å². The summed E-state index contributed by atoms with van der Waals surface area (Å²) in [6.45, 7) is 44.6. The normalized spacial score (nSPS) is 23.6. The number of halogens is 8. The van der Waals surface area contributed by atoms with Gasteiger partial charge in [-0.1, -0.05) is 76.3 Å². The Morgan fingerprint density at radius 2 is 0.593 bits per heavy atom. The Balaban J connectivity index is 0. The van der Waals surface area contributed by atoms with E-state index < -0.39 is 0 Å². The van der Waals surface area contributed by atoms with Crippen LogP contribution in [0.15, 0.2) is 30.3 Å². The molecule has 1 aromatic carbocycles. The zero-order chi connectivity index (χ0) is 66.7. The molecule has 4 heterocycles. The van der Waals surface area contributed by atoms with Gasteiger partial charge in [0.25, 0.3) is 0 Å². The Morgan fingerprint density at radius 1 is 0.330 bits per heavy atom. The van der Waals surface area contributed by atoms with Gasteiger partial charge >= 0.3 is 133 Å². The monoisotopic (exact) mass is 1620 g/mol. The SMILES string of the molecule is C1CCC(CC2CNCCNCCNCCNCCN2)CC1.CC(C)CC1CNCCNCCNCCNCCN1.C[C@@H]1CNCCNCCNCCNCCN1.[Cl][Mn][Cl].[Cl][Mn][Cl].[Cl][Mn][Cl].[Cl][Mn][Cl].c1ccc(CC2CNCCNCCNCCNCCN2)cc1. The molecule has 1 aliphatic carbocycles. The van der Waals surface area contributed by atoms with Crippen LogP contribution < -0.4 is 106 Å². The third kappa shape index (κ3) is 78.4. The number of nitrogens with one attached hydrogen (secondary N) is 20. The van der Waals surface area contributed by atoms with Gasteiger partial charge in [-0.15, -0.1) is 0 Å². The molecule has 4 saturated heterocycles. The summed E-state index contributed by atoms with van der Waals surface area (Å²) < 4.78 is 0. The van der Waals surface area contributed by atoms with Gasteiger partial charge in [0.1, 0.15) is 0 Å². The maximum Gasteiger partial charge on any atom is 0.0233 e. The summed E-state index contributed by atoms with van der Waals surface area (Å²) in [6, 6.07) is 13.0. The van der Waals surface area contributed by atoms with Crippen molar-refractivity contribution in [2.45, 2.75) is 96.3 Å². The van der Waals surface area contributed by atoms with Crippen LogP contribution in [0.5, 0.6) is 0 Å². The molecule has 6 rings (SSSR count). The molecule has 5 aliphatic rings. The van der Waals surface area contributed by atoms with Crippen LogP contribution in [-0.4, -0.2) is 260 Å². The van der Waals surface area contributed by atoms with E-state index in [1.165, 1.54) is 50.5 Å². The van der Waals surface area contributed by atoms with Crippen LogP contribution in [0.4, 0.5) is 0 Å². The van der Waals surface area contributed by atoms with Gasteiger partial charge in [-0.25, -0.2) is 0 Å². The fraction of sp³-hybridized carbons (Fsp3) is 0.898. The Bertz CT molecular complexity index is 1420. The molecule has 4 atom stereocenters. The van der Waals surface area contributed by atoms with Crippen LogP contribution in [0.1, 0.15) is 71.3 Å². The largest absolute Gasteiger partial charge is 0.314 e. The van der Waals surface area contributed by atoms with Crippen molar-refractivity contribution in [1.29, 1.82) is 0 Å². The van der Waals surface area contributed by atoms with Gasteiger partial charge in [-0.3, -0.25) is 0 Å². The van der Waals surface area contributed by atoms with Crippen LogP contribution >= 0.6 is 80.8 Å². The van der Waals surface area contributed by atoms with E-state index in [1.807, 2.05) is 0 Å². The summed E-state index contributed by atoms with van der Waals surface area (Å²) in [5, 5.41) is 70.1. The first-order valence-electron chi connectivity index (χ1n) is 33.5. The predicted molar refractivity (Wildman–Crippen MR) is 386 cm³/mol.